The molecule has 0 atom stereocenters. The fraction of sp³-hybridized carbons (Fsp3) is 0.211. The third-order valence-corrected chi connectivity index (χ3v) is 3.56. The summed E-state index contributed by atoms with van der Waals surface area (Å²) in [4.78, 5) is 4.63. The monoisotopic (exact) mass is 293 g/mol. The van der Waals surface area contributed by atoms with Crippen LogP contribution in [-0.4, -0.2) is 18.3 Å². The Hall–Kier alpha value is -2.39. The Morgan fingerprint density at radius 2 is 1.86 bits per heavy atom. The number of benzene rings is 2. The van der Waals surface area contributed by atoms with Crippen LogP contribution in [0.15, 0.2) is 64.0 Å². The van der Waals surface area contributed by atoms with Crippen molar-refractivity contribution in [2.45, 2.75) is 13.3 Å². The maximum Gasteiger partial charge on any atom is 0.136 e. The molecule has 3 rings (SSSR count). The number of aliphatic hydroxyl groups excluding tert-OH is 1. The van der Waals surface area contributed by atoms with Gasteiger partial charge in [0.25, 0.3) is 0 Å². The van der Waals surface area contributed by atoms with Crippen molar-refractivity contribution in [3.05, 3.63) is 65.5 Å². The number of fused-ring (bicyclic) bond motifs is 1. The summed E-state index contributed by atoms with van der Waals surface area (Å²) < 4.78 is 6.04. The average molecular weight is 293 g/mol. The van der Waals surface area contributed by atoms with Crippen LogP contribution in [0, 0.1) is 6.92 Å². The summed E-state index contributed by atoms with van der Waals surface area (Å²) >= 11 is 0. The van der Waals surface area contributed by atoms with E-state index in [9.17, 15) is 0 Å². The normalized spacial score (nSPS) is 12.0. The van der Waals surface area contributed by atoms with Crippen LogP contribution >= 0.6 is 0 Å². The van der Waals surface area contributed by atoms with Gasteiger partial charge in [0.2, 0.25) is 0 Å². The highest BCUT2D eigenvalue weighted by atomic mass is 16.3. The second kappa shape index (κ2) is 6.58. The number of aryl methyl sites for hydroxylation is 1. The van der Waals surface area contributed by atoms with Gasteiger partial charge >= 0.3 is 0 Å². The number of rotatable bonds is 4. The van der Waals surface area contributed by atoms with Crippen molar-refractivity contribution in [1.82, 2.24) is 0 Å². The Balaban J connectivity index is 2.20. The Kier molecular flexibility index (Phi) is 4.35. The van der Waals surface area contributed by atoms with Gasteiger partial charge < -0.3 is 9.52 Å². The summed E-state index contributed by atoms with van der Waals surface area (Å²) in [5.41, 5.74) is 3.03. The fourth-order valence-electron chi connectivity index (χ4n) is 2.43. The third-order valence-electron chi connectivity index (χ3n) is 3.56. The van der Waals surface area contributed by atoms with Gasteiger partial charge in [-0.1, -0.05) is 42.0 Å². The molecule has 3 heteroatoms. The maximum atomic E-state index is 8.96. The van der Waals surface area contributed by atoms with Crippen LogP contribution in [0.3, 0.4) is 0 Å². The van der Waals surface area contributed by atoms with Gasteiger partial charge in [-0.2, -0.15) is 0 Å². The van der Waals surface area contributed by atoms with E-state index in [2.05, 4.69) is 18.0 Å². The zero-order chi connectivity index (χ0) is 15.4. The van der Waals surface area contributed by atoms with Gasteiger partial charge in [0, 0.05) is 30.2 Å². The number of nitrogens with zero attached hydrogens (tertiary/aromatic N) is 1. The smallest absolute Gasteiger partial charge is 0.136 e. The second-order valence-corrected chi connectivity index (χ2v) is 5.32. The minimum Gasteiger partial charge on any atom is -0.456 e. The zero-order valence-electron chi connectivity index (χ0n) is 12.6. The highest BCUT2D eigenvalue weighted by molar-refractivity contribution is 5.79. The maximum absolute atomic E-state index is 8.96. The Morgan fingerprint density at radius 3 is 2.64 bits per heavy atom. The summed E-state index contributed by atoms with van der Waals surface area (Å²) in [6.45, 7) is 2.82. The standard InChI is InChI=1S/C19H19NO2/c1-14-8-9-18-16(12-14)17(20-10-5-11-21)13-19(22-18)15-6-3-2-4-7-15/h2-4,6-9,12-13,21H,5,10-11H2,1H3. The summed E-state index contributed by atoms with van der Waals surface area (Å²) in [6, 6.07) is 18.1. The summed E-state index contributed by atoms with van der Waals surface area (Å²) in [7, 11) is 0. The van der Waals surface area contributed by atoms with E-state index in [0.29, 0.717) is 13.0 Å². The lowest BCUT2D eigenvalue weighted by atomic mass is 10.1. The van der Waals surface area contributed by atoms with Gasteiger partial charge in [-0.25, -0.2) is 0 Å². The highest BCUT2D eigenvalue weighted by Crippen LogP contribution is 2.22. The van der Waals surface area contributed by atoms with Crippen molar-refractivity contribution in [3.8, 4) is 11.3 Å². The van der Waals surface area contributed by atoms with Crippen LogP contribution in [0.5, 0.6) is 0 Å². The zero-order valence-corrected chi connectivity index (χ0v) is 12.6. The van der Waals surface area contributed by atoms with Crippen molar-refractivity contribution in [3.63, 3.8) is 0 Å². The van der Waals surface area contributed by atoms with Gasteiger partial charge in [-0.05, 0) is 25.5 Å². The number of hydrogen-bond donors (Lipinski definition) is 1. The Bertz CT molecular complexity index is 835. The summed E-state index contributed by atoms with van der Waals surface area (Å²) in [5, 5.41) is 10.9. The largest absolute Gasteiger partial charge is 0.456 e. The molecule has 0 aliphatic rings. The minimum atomic E-state index is 0.156. The lowest BCUT2D eigenvalue weighted by Gasteiger charge is -2.06. The van der Waals surface area contributed by atoms with Crippen LogP contribution in [0.4, 0.5) is 0 Å². The van der Waals surface area contributed by atoms with E-state index in [0.717, 1.165) is 27.7 Å². The highest BCUT2D eigenvalue weighted by Gasteiger charge is 2.05. The van der Waals surface area contributed by atoms with Crippen molar-refractivity contribution in [2.75, 3.05) is 13.2 Å². The summed E-state index contributed by atoms with van der Waals surface area (Å²) in [6.07, 6.45) is 0.667. The molecule has 0 bridgehead atoms. The van der Waals surface area contributed by atoms with Crippen LogP contribution in [-0.2, 0) is 0 Å². The van der Waals surface area contributed by atoms with Crippen molar-refractivity contribution in [2.24, 2.45) is 4.99 Å². The van der Waals surface area contributed by atoms with E-state index in [1.165, 1.54) is 5.56 Å². The van der Waals surface area contributed by atoms with Crippen LogP contribution in [0.2, 0.25) is 0 Å². The molecule has 0 aliphatic heterocycles. The predicted molar refractivity (Wildman–Crippen MR) is 88.5 cm³/mol. The van der Waals surface area contributed by atoms with Gasteiger partial charge in [-0.3, -0.25) is 4.99 Å². The molecular weight excluding hydrogens is 274 g/mol. The van der Waals surface area contributed by atoms with Crippen LogP contribution in [0.25, 0.3) is 22.3 Å². The molecule has 0 saturated carbocycles. The van der Waals surface area contributed by atoms with Crippen molar-refractivity contribution < 1.29 is 9.52 Å². The first kappa shape index (κ1) is 14.5. The molecule has 1 heterocycles. The molecule has 3 aromatic rings. The Labute approximate surface area is 129 Å². The van der Waals surface area contributed by atoms with E-state index < -0.39 is 0 Å². The number of hydrogen-bond acceptors (Lipinski definition) is 3. The number of aliphatic hydroxyl groups is 1. The summed E-state index contributed by atoms with van der Waals surface area (Å²) in [5.74, 6) is 0.805. The van der Waals surface area contributed by atoms with Gasteiger partial charge in [0.1, 0.15) is 11.3 Å². The average Bonchev–Trinajstić information content (AvgIpc) is 2.56. The molecule has 0 radical (unpaired) electrons. The topological polar surface area (TPSA) is 45.7 Å². The van der Waals surface area contributed by atoms with Crippen molar-refractivity contribution in [1.29, 1.82) is 0 Å². The van der Waals surface area contributed by atoms with Crippen molar-refractivity contribution >= 4 is 11.0 Å². The first-order valence-corrected chi connectivity index (χ1v) is 7.49. The fourth-order valence-corrected chi connectivity index (χ4v) is 2.43. The molecule has 3 nitrogen and oxygen atoms in total. The minimum absolute atomic E-state index is 0.156. The van der Waals surface area contributed by atoms with Gasteiger partial charge in [0.15, 0.2) is 0 Å². The molecule has 0 spiro atoms. The third kappa shape index (κ3) is 3.10. The van der Waals surface area contributed by atoms with E-state index in [1.807, 2.05) is 48.5 Å². The molecule has 112 valence electrons. The molecular formula is C19H19NO2. The molecule has 0 amide bonds. The molecule has 2 aromatic carbocycles. The van der Waals surface area contributed by atoms with Crippen LogP contribution in [0.1, 0.15) is 12.0 Å². The predicted octanol–water partition coefficient (Wildman–Crippen LogP) is 3.69. The SMILES string of the molecule is Cc1ccc2oc(-c3ccccc3)cc(=NCCCO)c2c1. The van der Waals surface area contributed by atoms with E-state index in [4.69, 9.17) is 9.52 Å². The molecule has 0 unspecified atom stereocenters. The quantitative estimate of drug-likeness (QED) is 0.746. The molecule has 0 fully saturated rings. The first-order chi connectivity index (χ1) is 10.8. The van der Waals surface area contributed by atoms with E-state index in [-0.39, 0.29) is 6.61 Å². The van der Waals surface area contributed by atoms with Gasteiger partial charge in [0.05, 0.1) is 5.36 Å². The second-order valence-electron chi connectivity index (χ2n) is 5.32. The lowest BCUT2D eigenvalue weighted by molar-refractivity contribution is 0.291. The molecule has 1 aromatic heterocycles. The molecule has 0 aliphatic carbocycles. The molecule has 0 saturated heterocycles. The first-order valence-electron chi connectivity index (χ1n) is 7.49. The Morgan fingerprint density at radius 1 is 1.05 bits per heavy atom. The molecule has 22 heavy (non-hydrogen) atoms. The van der Waals surface area contributed by atoms with Crippen LogP contribution < -0.4 is 5.36 Å². The van der Waals surface area contributed by atoms with E-state index >= 15 is 0 Å². The molecule has 1 N–H and O–H groups in total. The van der Waals surface area contributed by atoms with E-state index in [1.54, 1.807) is 0 Å². The lowest BCUT2D eigenvalue weighted by Crippen LogP contribution is -2.06. The van der Waals surface area contributed by atoms with Gasteiger partial charge in [-0.15, -0.1) is 0 Å².